The summed E-state index contributed by atoms with van der Waals surface area (Å²) in [6.07, 6.45) is 4.54. The van der Waals surface area contributed by atoms with Crippen molar-refractivity contribution >= 4 is 11.9 Å². The van der Waals surface area contributed by atoms with E-state index in [2.05, 4.69) is 37.2 Å². The second kappa shape index (κ2) is 6.49. The number of hydrogen-bond acceptors (Lipinski definition) is 7. The van der Waals surface area contributed by atoms with Gasteiger partial charge in [-0.2, -0.15) is 20.1 Å². The van der Waals surface area contributed by atoms with Gasteiger partial charge in [0.05, 0.1) is 13.2 Å². The van der Waals surface area contributed by atoms with Gasteiger partial charge in [-0.1, -0.05) is 6.92 Å². The minimum Gasteiger partial charge on any atom is -0.378 e. The Morgan fingerprint density at radius 2 is 2.00 bits per heavy atom. The molecular weight excluding hydrogens is 270 g/mol. The van der Waals surface area contributed by atoms with E-state index in [1.165, 1.54) is 0 Å². The molecule has 112 valence electrons. The van der Waals surface area contributed by atoms with E-state index in [4.69, 9.17) is 4.74 Å². The molecule has 0 radical (unpaired) electrons. The smallest absolute Gasteiger partial charge is 0.257 e. The fourth-order valence-corrected chi connectivity index (χ4v) is 2.06. The van der Waals surface area contributed by atoms with E-state index in [0.29, 0.717) is 31.1 Å². The zero-order valence-electron chi connectivity index (χ0n) is 12.1. The third-order valence-corrected chi connectivity index (χ3v) is 3.15. The van der Waals surface area contributed by atoms with E-state index < -0.39 is 0 Å². The van der Waals surface area contributed by atoms with Crippen LogP contribution in [0.3, 0.4) is 0 Å². The largest absolute Gasteiger partial charge is 0.378 e. The van der Waals surface area contributed by atoms with Crippen LogP contribution in [0.4, 0.5) is 11.9 Å². The Bertz CT molecular complexity index is 566. The predicted molar refractivity (Wildman–Crippen MR) is 78.8 cm³/mol. The van der Waals surface area contributed by atoms with Crippen molar-refractivity contribution < 1.29 is 4.74 Å². The van der Waals surface area contributed by atoms with E-state index in [0.717, 1.165) is 26.1 Å². The van der Waals surface area contributed by atoms with Gasteiger partial charge in [-0.25, -0.2) is 4.68 Å². The molecule has 2 aromatic rings. The summed E-state index contributed by atoms with van der Waals surface area (Å²) in [7, 11) is 0. The lowest BCUT2D eigenvalue weighted by molar-refractivity contribution is 0.122. The molecule has 1 aliphatic heterocycles. The predicted octanol–water partition coefficient (Wildman–Crippen LogP) is 0.716. The molecule has 1 aliphatic rings. The van der Waals surface area contributed by atoms with Gasteiger partial charge < -0.3 is 15.0 Å². The fourth-order valence-electron chi connectivity index (χ4n) is 2.06. The Kier molecular flexibility index (Phi) is 4.25. The number of anilines is 2. The monoisotopic (exact) mass is 289 g/mol. The van der Waals surface area contributed by atoms with Crippen LogP contribution in [0.25, 0.3) is 5.95 Å². The SMILES string of the molecule is CCCNc1nc(N2CCOCC2)nc(-n2cccn2)n1. The van der Waals surface area contributed by atoms with Gasteiger partial charge in [-0.3, -0.25) is 0 Å². The molecule has 0 amide bonds. The molecule has 1 N–H and O–H groups in total. The van der Waals surface area contributed by atoms with Gasteiger partial charge in [0.15, 0.2) is 0 Å². The molecule has 21 heavy (non-hydrogen) atoms. The third kappa shape index (κ3) is 3.27. The molecule has 8 nitrogen and oxygen atoms in total. The van der Waals surface area contributed by atoms with Gasteiger partial charge in [0, 0.05) is 32.0 Å². The van der Waals surface area contributed by atoms with Gasteiger partial charge in [-0.15, -0.1) is 0 Å². The van der Waals surface area contributed by atoms with Gasteiger partial charge in [0.25, 0.3) is 5.95 Å². The van der Waals surface area contributed by atoms with Crippen molar-refractivity contribution in [3.8, 4) is 5.95 Å². The average Bonchev–Trinajstić information content (AvgIpc) is 3.08. The molecule has 0 bridgehead atoms. The first-order chi connectivity index (χ1) is 10.4. The van der Waals surface area contributed by atoms with Gasteiger partial charge in [0.2, 0.25) is 11.9 Å². The molecule has 8 heteroatoms. The van der Waals surface area contributed by atoms with E-state index >= 15 is 0 Å². The van der Waals surface area contributed by atoms with Crippen molar-refractivity contribution in [1.82, 2.24) is 24.7 Å². The summed E-state index contributed by atoms with van der Waals surface area (Å²) in [6.45, 7) is 5.89. The maximum absolute atomic E-state index is 5.37. The zero-order chi connectivity index (χ0) is 14.5. The Labute approximate surface area is 123 Å². The molecule has 1 saturated heterocycles. The number of ether oxygens (including phenoxy) is 1. The number of morpholine rings is 1. The standard InChI is InChI=1S/C13H19N7O/c1-2-4-14-11-16-12(19-7-9-21-10-8-19)18-13(17-11)20-6-3-5-15-20/h3,5-6H,2,4,7-10H2,1H3,(H,14,16,17,18). The van der Waals surface area contributed by atoms with Crippen molar-refractivity contribution in [2.75, 3.05) is 43.1 Å². The van der Waals surface area contributed by atoms with Gasteiger partial charge in [0.1, 0.15) is 0 Å². The van der Waals surface area contributed by atoms with E-state index in [1.807, 2.05) is 12.3 Å². The van der Waals surface area contributed by atoms with E-state index in [1.54, 1.807) is 10.9 Å². The molecule has 0 atom stereocenters. The second-order valence-electron chi connectivity index (χ2n) is 4.74. The molecule has 2 aromatic heterocycles. The van der Waals surface area contributed by atoms with Crippen LogP contribution in [0.1, 0.15) is 13.3 Å². The van der Waals surface area contributed by atoms with Crippen LogP contribution in [-0.2, 0) is 4.74 Å². The Morgan fingerprint density at radius 1 is 1.19 bits per heavy atom. The van der Waals surface area contributed by atoms with Gasteiger partial charge >= 0.3 is 0 Å². The number of rotatable bonds is 5. The van der Waals surface area contributed by atoms with E-state index in [-0.39, 0.29) is 0 Å². The van der Waals surface area contributed by atoms with Crippen LogP contribution < -0.4 is 10.2 Å². The second-order valence-corrected chi connectivity index (χ2v) is 4.74. The summed E-state index contributed by atoms with van der Waals surface area (Å²) >= 11 is 0. The maximum Gasteiger partial charge on any atom is 0.257 e. The Hall–Kier alpha value is -2.22. The van der Waals surface area contributed by atoms with Crippen molar-refractivity contribution in [1.29, 1.82) is 0 Å². The molecule has 3 heterocycles. The number of nitrogens with one attached hydrogen (secondary N) is 1. The average molecular weight is 289 g/mol. The Balaban J connectivity index is 1.92. The summed E-state index contributed by atoms with van der Waals surface area (Å²) in [5, 5.41) is 7.40. The highest BCUT2D eigenvalue weighted by molar-refractivity contribution is 5.40. The summed E-state index contributed by atoms with van der Waals surface area (Å²) in [4.78, 5) is 15.5. The van der Waals surface area contributed by atoms with Gasteiger partial charge in [-0.05, 0) is 12.5 Å². The molecule has 0 aliphatic carbocycles. The normalized spacial score (nSPS) is 15.2. The minimum absolute atomic E-state index is 0.523. The first-order valence-corrected chi connectivity index (χ1v) is 7.19. The molecule has 0 aromatic carbocycles. The molecule has 1 fully saturated rings. The number of aromatic nitrogens is 5. The number of hydrogen-bond donors (Lipinski definition) is 1. The highest BCUT2D eigenvalue weighted by Crippen LogP contribution is 2.14. The quantitative estimate of drug-likeness (QED) is 0.868. The minimum atomic E-state index is 0.523. The topological polar surface area (TPSA) is 81.0 Å². The third-order valence-electron chi connectivity index (χ3n) is 3.15. The summed E-state index contributed by atoms with van der Waals surface area (Å²) in [5.74, 6) is 1.77. The highest BCUT2D eigenvalue weighted by Gasteiger charge is 2.17. The molecular formula is C13H19N7O. The van der Waals surface area contributed by atoms with Crippen LogP contribution in [0.5, 0.6) is 0 Å². The van der Waals surface area contributed by atoms with Crippen LogP contribution in [0.15, 0.2) is 18.5 Å². The van der Waals surface area contributed by atoms with Crippen molar-refractivity contribution in [2.45, 2.75) is 13.3 Å². The fraction of sp³-hybridized carbons (Fsp3) is 0.538. The Morgan fingerprint density at radius 3 is 2.71 bits per heavy atom. The molecule has 0 spiro atoms. The first kappa shape index (κ1) is 13.7. The maximum atomic E-state index is 5.37. The molecule has 3 rings (SSSR count). The van der Waals surface area contributed by atoms with Crippen LogP contribution in [-0.4, -0.2) is 57.6 Å². The van der Waals surface area contributed by atoms with Crippen molar-refractivity contribution in [3.63, 3.8) is 0 Å². The molecule has 0 unspecified atom stereocenters. The van der Waals surface area contributed by atoms with Crippen molar-refractivity contribution in [2.24, 2.45) is 0 Å². The highest BCUT2D eigenvalue weighted by atomic mass is 16.5. The number of nitrogens with zero attached hydrogens (tertiary/aromatic N) is 6. The van der Waals surface area contributed by atoms with Crippen LogP contribution in [0, 0.1) is 0 Å². The lowest BCUT2D eigenvalue weighted by atomic mass is 10.4. The van der Waals surface area contributed by atoms with Crippen LogP contribution in [0.2, 0.25) is 0 Å². The summed E-state index contributed by atoms with van der Waals surface area (Å²) in [5.41, 5.74) is 0. The molecule has 0 saturated carbocycles. The summed E-state index contributed by atoms with van der Waals surface area (Å²) in [6, 6.07) is 1.84. The van der Waals surface area contributed by atoms with E-state index in [9.17, 15) is 0 Å². The summed E-state index contributed by atoms with van der Waals surface area (Å²) < 4.78 is 7.01. The van der Waals surface area contributed by atoms with Crippen molar-refractivity contribution in [3.05, 3.63) is 18.5 Å². The lowest BCUT2D eigenvalue weighted by Crippen LogP contribution is -2.37. The van der Waals surface area contributed by atoms with Crippen LogP contribution >= 0.6 is 0 Å². The first-order valence-electron chi connectivity index (χ1n) is 7.19. The lowest BCUT2D eigenvalue weighted by Gasteiger charge is -2.27. The zero-order valence-corrected chi connectivity index (χ0v) is 12.1.